The second kappa shape index (κ2) is 6.64. The average Bonchev–Trinajstić information content (AvgIpc) is 3.30. The quantitative estimate of drug-likeness (QED) is 0.709. The van der Waals surface area contributed by atoms with Crippen LogP contribution in [0.3, 0.4) is 0 Å². The molecular formula is C18H19N3OS. The zero-order valence-corrected chi connectivity index (χ0v) is 13.7. The number of thiazole rings is 1. The molecule has 1 unspecified atom stereocenters. The Kier molecular flexibility index (Phi) is 4.22. The molecule has 118 valence electrons. The maximum absolute atomic E-state index is 6.05. The molecule has 3 heterocycles. The van der Waals surface area contributed by atoms with Gasteiger partial charge in [-0.25, -0.2) is 9.97 Å². The summed E-state index contributed by atoms with van der Waals surface area (Å²) in [6, 6.07) is 10.7. The van der Waals surface area contributed by atoms with Crippen LogP contribution < -0.4 is 0 Å². The van der Waals surface area contributed by atoms with Crippen LogP contribution >= 0.6 is 11.3 Å². The summed E-state index contributed by atoms with van der Waals surface area (Å²) in [5.74, 6) is 1.79. The smallest absolute Gasteiger partial charge is 0.211 e. The van der Waals surface area contributed by atoms with E-state index in [0.29, 0.717) is 0 Å². The van der Waals surface area contributed by atoms with E-state index in [1.165, 1.54) is 12.0 Å². The van der Waals surface area contributed by atoms with Crippen LogP contribution in [0.1, 0.15) is 41.8 Å². The summed E-state index contributed by atoms with van der Waals surface area (Å²) in [7, 11) is 0. The first-order valence-corrected chi connectivity index (χ1v) is 8.92. The predicted octanol–water partition coefficient (Wildman–Crippen LogP) is 4.06. The van der Waals surface area contributed by atoms with Crippen molar-refractivity contribution in [2.75, 3.05) is 6.54 Å². The number of aromatic nitrogens is 2. The van der Waals surface area contributed by atoms with Crippen molar-refractivity contribution in [1.82, 2.24) is 14.9 Å². The van der Waals surface area contributed by atoms with Gasteiger partial charge >= 0.3 is 0 Å². The molecule has 1 aliphatic heterocycles. The largest absolute Gasteiger partial charge is 0.444 e. The van der Waals surface area contributed by atoms with Crippen molar-refractivity contribution in [3.8, 4) is 0 Å². The lowest BCUT2D eigenvalue weighted by atomic mass is 10.1. The third kappa shape index (κ3) is 3.35. The van der Waals surface area contributed by atoms with Crippen LogP contribution in [0.15, 0.2) is 51.8 Å². The molecule has 1 saturated heterocycles. The summed E-state index contributed by atoms with van der Waals surface area (Å²) in [4.78, 5) is 11.4. The fraction of sp³-hybridized carbons (Fsp3) is 0.333. The molecule has 0 spiro atoms. The summed E-state index contributed by atoms with van der Waals surface area (Å²) >= 11 is 1.65. The van der Waals surface area contributed by atoms with E-state index in [1.807, 2.05) is 17.8 Å². The van der Waals surface area contributed by atoms with E-state index >= 15 is 0 Å². The van der Waals surface area contributed by atoms with Crippen molar-refractivity contribution >= 4 is 11.3 Å². The normalized spacial score (nSPS) is 18.5. The van der Waals surface area contributed by atoms with E-state index in [1.54, 1.807) is 11.3 Å². The van der Waals surface area contributed by atoms with E-state index < -0.39 is 0 Å². The van der Waals surface area contributed by atoms with Crippen LogP contribution in [0.2, 0.25) is 0 Å². The highest BCUT2D eigenvalue weighted by atomic mass is 32.1. The highest BCUT2D eigenvalue weighted by Gasteiger charge is 2.30. The molecule has 1 aliphatic rings. The number of benzene rings is 1. The number of oxazole rings is 1. The number of hydrogen-bond acceptors (Lipinski definition) is 5. The highest BCUT2D eigenvalue weighted by molar-refractivity contribution is 7.07. The Morgan fingerprint density at radius 2 is 2.13 bits per heavy atom. The molecule has 3 aromatic rings. The van der Waals surface area contributed by atoms with E-state index in [0.717, 1.165) is 43.3 Å². The lowest BCUT2D eigenvalue weighted by Crippen LogP contribution is -2.23. The topological polar surface area (TPSA) is 42.2 Å². The lowest BCUT2D eigenvalue weighted by molar-refractivity contribution is 0.210. The average molecular weight is 325 g/mol. The number of likely N-dealkylation sites (tertiary alicyclic amines) is 1. The van der Waals surface area contributed by atoms with Gasteiger partial charge in [-0.05, 0) is 24.9 Å². The summed E-state index contributed by atoms with van der Waals surface area (Å²) in [6.07, 6.45) is 4.97. The summed E-state index contributed by atoms with van der Waals surface area (Å²) < 4.78 is 6.05. The Labute approximate surface area is 139 Å². The summed E-state index contributed by atoms with van der Waals surface area (Å²) in [6.45, 7) is 1.96. The maximum Gasteiger partial charge on any atom is 0.211 e. The molecule has 0 N–H and O–H groups in total. The first kappa shape index (κ1) is 14.6. The zero-order chi connectivity index (χ0) is 15.5. The number of nitrogens with zero attached hydrogens (tertiary/aromatic N) is 3. The van der Waals surface area contributed by atoms with Crippen LogP contribution in [-0.2, 0) is 13.0 Å². The van der Waals surface area contributed by atoms with Gasteiger partial charge in [0.15, 0.2) is 0 Å². The van der Waals surface area contributed by atoms with Crippen LogP contribution in [0, 0.1) is 0 Å². The SMILES string of the molecule is c1ccc(Cc2cnc(C3CCCN3Cc3cscn3)o2)cc1. The minimum atomic E-state index is 0.279. The highest BCUT2D eigenvalue weighted by Crippen LogP contribution is 2.33. The second-order valence-electron chi connectivity index (χ2n) is 5.94. The van der Waals surface area contributed by atoms with Crippen molar-refractivity contribution in [2.45, 2.75) is 31.8 Å². The fourth-order valence-corrected chi connectivity index (χ4v) is 3.72. The zero-order valence-electron chi connectivity index (χ0n) is 12.9. The van der Waals surface area contributed by atoms with E-state index in [9.17, 15) is 0 Å². The Bertz CT molecular complexity index is 739. The van der Waals surface area contributed by atoms with Gasteiger partial charge in [-0.1, -0.05) is 30.3 Å². The summed E-state index contributed by atoms with van der Waals surface area (Å²) in [5.41, 5.74) is 4.28. The lowest BCUT2D eigenvalue weighted by Gasteiger charge is -2.20. The van der Waals surface area contributed by atoms with Crippen LogP contribution in [0.5, 0.6) is 0 Å². The molecule has 4 nitrogen and oxygen atoms in total. The van der Waals surface area contributed by atoms with Crippen molar-refractivity contribution in [3.63, 3.8) is 0 Å². The first-order chi connectivity index (χ1) is 11.4. The van der Waals surface area contributed by atoms with Crippen molar-refractivity contribution in [3.05, 3.63) is 70.3 Å². The van der Waals surface area contributed by atoms with Crippen molar-refractivity contribution in [2.24, 2.45) is 0 Å². The Hall–Kier alpha value is -1.98. The predicted molar refractivity (Wildman–Crippen MR) is 90.3 cm³/mol. The third-order valence-electron chi connectivity index (χ3n) is 4.29. The monoisotopic (exact) mass is 325 g/mol. The second-order valence-corrected chi connectivity index (χ2v) is 6.65. The van der Waals surface area contributed by atoms with Gasteiger partial charge in [0.2, 0.25) is 5.89 Å². The van der Waals surface area contributed by atoms with Gasteiger partial charge in [0, 0.05) is 18.3 Å². The standard InChI is InChI=1S/C18H19N3OS/c1-2-5-14(6-3-1)9-16-10-19-18(22-16)17-7-4-8-21(17)11-15-12-23-13-20-15/h1-3,5-6,10,12-13,17H,4,7-9,11H2. The first-order valence-electron chi connectivity index (χ1n) is 7.98. The molecule has 0 bridgehead atoms. The van der Waals surface area contributed by atoms with Gasteiger partial charge in [0.1, 0.15) is 5.76 Å². The van der Waals surface area contributed by atoms with Crippen LogP contribution in [0.4, 0.5) is 0 Å². The Morgan fingerprint density at radius 1 is 1.22 bits per heavy atom. The molecular weight excluding hydrogens is 306 g/mol. The molecule has 0 aliphatic carbocycles. The molecule has 0 radical (unpaired) electrons. The van der Waals surface area contributed by atoms with Gasteiger partial charge in [-0.2, -0.15) is 0 Å². The maximum atomic E-state index is 6.05. The van der Waals surface area contributed by atoms with Gasteiger partial charge in [0.05, 0.1) is 23.4 Å². The van der Waals surface area contributed by atoms with Crippen LogP contribution in [0.25, 0.3) is 0 Å². The van der Waals surface area contributed by atoms with Gasteiger partial charge in [-0.15, -0.1) is 11.3 Å². The molecule has 1 aromatic carbocycles. The fourth-order valence-electron chi connectivity index (χ4n) is 3.17. The van der Waals surface area contributed by atoms with Gasteiger partial charge < -0.3 is 4.42 Å². The van der Waals surface area contributed by atoms with Crippen molar-refractivity contribution in [1.29, 1.82) is 0 Å². The molecule has 1 fully saturated rings. The molecule has 23 heavy (non-hydrogen) atoms. The minimum Gasteiger partial charge on any atom is -0.444 e. The van der Waals surface area contributed by atoms with Gasteiger partial charge in [0.25, 0.3) is 0 Å². The molecule has 4 rings (SSSR count). The van der Waals surface area contributed by atoms with E-state index in [-0.39, 0.29) is 6.04 Å². The molecule has 5 heteroatoms. The molecule has 2 aromatic heterocycles. The van der Waals surface area contributed by atoms with E-state index in [2.05, 4.69) is 44.5 Å². The van der Waals surface area contributed by atoms with Gasteiger partial charge in [-0.3, -0.25) is 4.90 Å². The van der Waals surface area contributed by atoms with Crippen LogP contribution in [-0.4, -0.2) is 21.4 Å². The number of hydrogen-bond donors (Lipinski definition) is 0. The third-order valence-corrected chi connectivity index (χ3v) is 4.93. The summed E-state index contributed by atoms with van der Waals surface area (Å²) in [5, 5.41) is 2.12. The minimum absolute atomic E-state index is 0.279. The number of rotatable bonds is 5. The molecule has 0 amide bonds. The van der Waals surface area contributed by atoms with Crippen molar-refractivity contribution < 1.29 is 4.42 Å². The molecule has 0 saturated carbocycles. The molecule has 1 atom stereocenters. The Balaban J connectivity index is 1.47. The Morgan fingerprint density at radius 3 is 2.96 bits per heavy atom. The van der Waals surface area contributed by atoms with E-state index in [4.69, 9.17) is 4.42 Å².